The molecule has 7 heteroatoms. The van der Waals surface area contributed by atoms with Crippen molar-refractivity contribution in [2.45, 2.75) is 19.9 Å². The van der Waals surface area contributed by atoms with E-state index in [4.69, 9.17) is 16.3 Å². The van der Waals surface area contributed by atoms with Gasteiger partial charge in [-0.15, -0.1) is 0 Å². The molecule has 1 saturated heterocycles. The van der Waals surface area contributed by atoms with Crippen molar-refractivity contribution in [2.75, 3.05) is 13.2 Å². The van der Waals surface area contributed by atoms with E-state index in [0.29, 0.717) is 10.8 Å². The predicted octanol–water partition coefficient (Wildman–Crippen LogP) is 1.92. The molecule has 2 rings (SSSR count). The van der Waals surface area contributed by atoms with Gasteiger partial charge in [0.05, 0.1) is 11.6 Å². The Kier molecular flexibility index (Phi) is 4.47. The van der Waals surface area contributed by atoms with E-state index in [2.05, 4.69) is 0 Å². The fourth-order valence-corrected chi connectivity index (χ4v) is 2.17. The van der Waals surface area contributed by atoms with Crippen LogP contribution in [0.1, 0.15) is 13.8 Å². The zero-order valence-electron chi connectivity index (χ0n) is 11.7. The summed E-state index contributed by atoms with van der Waals surface area (Å²) in [4.78, 5) is 37.3. The Morgan fingerprint density at radius 2 is 1.81 bits per heavy atom. The molecule has 1 aromatic rings. The highest BCUT2D eigenvalue weighted by Crippen LogP contribution is 2.23. The maximum atomic E-state index is 12.0. The fourth-order valence-electron chi connectivity index (χ4n) is 1.98. The van der Waals surface area contributed by atoms with Crippen LogP contribution in [-0.2, 0) is 9.59 Å². The lowest BCUT2D eigenvalue weighted by atomic mass is 10.3. The summed E-state index contributed by atoms with van der Waals surface area (Å²) >= 11 is 5.93. The minimum atomic E-state index is -0.823. The average molecular weight is 311 g/mol. The smallest absolute Gasteiger partial charge is 0.334 e. The number of imide groups is 2. The first-order valence-corrected chi connectivity index (χ1v) is 6.87. The standard InChI is InChI=1S/C14H15ClN2O4/c1-9(2)17-13(19)12(18)16(14(17)20)7-8-21-11-6-4-3-5-10(11)15/h3-6,9H,7-8H2,1-2H3. The second-order valence-corrected chi connectivity index (χ2v) is 5.19. The first-order valence-electron chi connectivity index (χ1n) is 6.50. The largest absolute Gasteiger partial charge is 0.490 e. The summed E-state index contributed by atoms with van der Waals surface area (Å²) in [7, 11) is 0. The van der Waals surface area contributed by atoms with Crippen LogP contribution in [0.15, 0.2) is 24.3 Å². The molecule has 0 unspecified atom stereocenters. The molecule has 112 valence electrons. The minimum absolute atomic E-state index is 0.00213. The third-order valence-corrected chi connectivity index (χ3v) is 3.32. The number of nitrogens with zero attached hydrogens (tertiary/aromatic N) is 2. The van der Waals surface area contributed by atoms with Crippen LogP contribution in [0.4, 0.5) is 4.79 Å². The van der Waals surface area contributed by atoms with Crippen LogP contribution in [0.3, 0.4) is 0 Å². The number of para-hydroxylation sites is 1. The molecule has 0 saturated carbocycles. The van der Waals surface area contributed by atoms with Crippen molar-refractivity contribution in [1.82, 2.24) is 9.80 Å². The van der Waals surface area contributed by atoms with Crippen molar-refractivity contribution < 1.29 is 19.1 Å². The van der Waals surface area contributed by atoms with Crippen molar-refractivity contribution in [2.24, 2.45) is 0 Å². The molecule has 0 N–H and O–H groups in total. The van der Waals surface area contributed by atoms with Crippen LogP contribution in [0.2, 0.25) is 5.02 Å². The second-order valence-electron chi connectivity index (χ2n) is 4.79. The van der Waals surface area contributed by atoms with Gasteiger partial charge in [-0.1, -0.05) is 23.7 Å². The summed E-state index contributed by atoms with van der Waals surface area (Å²) in [6, 6.07) is 5.92. The summed E-state index contributed by atoms with van der Waals surface area (Å²) < 4.78 is 5.42. The lowest BCUT2D eigenvalue weighted by molar-refractivity contribution is -0.143. The molecule has 0 radical (unpaired) electrons. The molecule has 1 fully saturated rings. The maximum absolute atomic E-state index is 12.0. The number of carbonyl (C=O) groups excluding carboxylic acids is 3. The lowest BCUT2D eigenvalue weighted by Crippen LogP contribution is -2.39. The number of benzene rings is 1. The van der Waals surface area contributed by atoms with E-state index in [0.717, 1.165) is 9.80 Å². The van der Waals surface area contributed by atoms with Crippen LogP contribution in [-0.4, -0.2) is 46.8 Å². The topological polar surface area (TPSA) is 66.9 Å². The molecule has 21 heavy (non-hydrogen) atoms. The van der Waals surface area contributed by atoms with Crippen LogP contribution < -0.4 is 4.74 Å². The van der Waals surface area contributed by atoms with E-state index in [1.165, 1.54) is 0 Å². The minimum Gasteiger partial charge on any atom is -0.490 e. The van der Waals surface area contributed by atoms with Crippen molar-refractivity contribution in [3.8, 4) is 5.75 Å². The van der Waals surface area contributed by atoms with Crippen LogP contribution in [0.5, 0.6) is 5.75 Å². The third-order valence-electron chi connectivity index (χ3n) is 3.01. The number of hydrogen-bond donors (Lipinski definition) is 0. The Balaban J connectivity index is 1.98. The van der Waals surface area contributed by atoms with Gasteiger partial charge in [0.25, 0.3) is 0 Å². The molecule has 4 amide bonds. The van der Waals surface area contributed by atoms with E-state index in [-0.39, 0.29) is 19.2 Å². The summed E-state index contributed by atoms with van der Waals surface area (Å²) in [6.45, 7) is 3.41. The van der Waals surface area contributed by atoms with Crippen LogP contribution >= 0.6 is 11.6 Å². The molecule has 0 aliphatic carbocycles. The van der Waals surface area contributed by atoms with Gasteiger partial charge in [0, 0.05) is 6.04 Å². The van der Waals surface area contributed by atoms with Gasteiger partial charge in [-0.05, 0) is 26.0 Å². The van der Waals surface area contributed by atoms with Crippen LogP contribution in [0.25, 0.3) is 0 Å². The Hall–Kier alpha value is -2.08. The molecule has 0 bridgehead atoms. The zero-order chi connectivity index (χ0) is 15.6. The van der Waals surface area contributed by atoms with E-state index >= 15 is 0 Å². The van der Waals surface area contributed by atoms with E-state index in [1.54, 1.807) is 38.1 Å². The molecule has 1 aromatic carbocycles. The van der Waals surface area contributed by atoms with E-state index in [9.17, 15) is 14.4 Å². The summed E-state index contributed by atoms with van der Waals surface area (Å²) in [5, 5.41) is 0.441. The van der Waals surface area contributed by atoms with Gasteiger partial charge < -0.3 is 4.74 Å². The first kappa shape index (κ1) is 15.3. The van der Waals surface area contributed by atoms with Crippen molar-refractivity contribution in [3.05, 3.63) is 29.3 Å². The SMILES string of the molecule is CC(C)N1C(=O)C(=O)N(CCOc2ccccc2Cl)C1=O. The van der Waals surface area contributed by atoms with Gasteiger partial charge in [-0.25, -0.2) is 4.79 Å². The monoisotopic (exact) mass is 310 g/mol. The van der Waals surface area contributed by atoms with Gasteiger partial charge >= 0.3 is 17.8 Å². The number of halogens is 1. The Labute approximate surface area is 127 Å². The highest BCUT2D eigenvalue weighted by Gasteiger charge is 2.45. The van der Waals surface area contributed by atoms with Crippen molar-refractivity contribution in [1.29, 1.82) is 0 Å². The Morgan fingerprint density at radius 3 is 2.38 bits per heavy atom. The molecular formula is C14H15ClN2O4. The van der Waals surface area contributed by atoms with Crippen molar-refractivity contribution >= 4 is 29.4 Å². The maximum Gasteiger partial charge on any atom is 0.334 e. The fraction of sp³-hybridized carbons (Fsp3) is 0.357. The molecule has 1 heterocycles. The quantitative estimate of drug-likeness (QED) is 0.615. The van der Waals surface area contributed by atoms with Crippen LogP contribution in [0, 0.1) is 0 Å². The molecule has 1 aliphatic heterocycles. The highest BCUT2D eigenvalue weighted by atomic mass is 35.5. The van der Waals surface area contributed by atoms with E-state index < -0.39 is 17.8 Å². The number of urea groups is 1. The van der Waals surface area contributed by atoms with Gasteiger partial charge in [-0.2, -0.15) is 0 Å². The molecule has 0 spiro atoms. The molecule has 0 aromatic heterocycles. The summed E-state index contributed by atoms with van der Waals surface area (Å²) in [5.41, 5.74) is 0. The Bertz CT molecular complexity index is 588. The second kappa shape index (κ2) is 6.13. The van der Waals surface area contributed by atoms with Gasteiger partial charge in [0.1, 0.15) is 12.4 Å². The number of ether oxygens (including phenoxy) is 1. The first-order chi connectivity index (χ1) is 9.93. The predicted molar refractivity (Wildman–Crippen MR) is 76.0 cm³/mol. The molecule has 0 atom stereocenters. The number of carbonyl (C=O) groups is 3. The van der Waals surface area contributed by atoms with Gasteiger partial charge in [0.15, 0.2) is 0 Å². The van der Waals surface area contributed by atoms with E-state index in [1.807, 2.05) is 0 Å². The molecular weight excluding hydrogens is 296 g/mol. The highest BCUT2D eigenvalue weighted by molar-refractivity contribution is 6.44. The van der Waals surface area contributed by atoms with Gasteiger partial charge in [0.2, 0.25) is 0 Å². The number of hydrogen-bond acceptors (Lipinski definition) is 4. The lowest BCUT2D eigenvalue weighted by Gasteiger charge is -2.18. The molecule has 1 aliphatic rings. The summed E-state index contributed by atoms with van der Waals surface area (Å²) in [6.07, 6.45) is 0. The van der Waals surface area contributed by atoms with Crippen molar-refractivity contribution in [3.63, 3.8) is 0 Å². The van der Waals surface area contributed by atoms with Gasteiger partial charge in [-0.3, -0.25) is 19.4 Å². The third kappa shape index (κ3) is 3.00. The number of rotatable bonds is 5. The zero-order valence-corrected chi connectivity index (χ0v) is 12.5. The number of amides is 4. The summed E-state index contributed by atoms with van der Waals surface area (Å²) in [5.74, 6) is -1.16. The normalized spacial score (nSPS) is 15.3. The molecule has 6 nitrogen and oxygen atoms in total. The Morgan fingerprint density at radius 1 is 1.14 bits per heavy atom. The average Bonchev–Trinajstić information content (AvgIpc) is 2.64.